The van der Waals surface area contributed by atoms with Gasteiger partial charge in [-0.2, -0.15) is 0 Å². The van der Waals surface area contributed by atoms with Gasteiger partial charge in [0.25, 0.3) is 0 Å². The highest BCUT2D eigenvalue weighted by Gasteiger charge is 2.37. The van der Waals surface area contributed by atoms with Crippen molar-refractivity contribution < 1.29 is 14.6 Å². The lowest BCUT2D eigenvalue weighted by atomic mass is 9.98. The summed E-state index contributed by atoms with van der Waals surface area (Å²) >= 11 is 0. The van der Waals surface area contributed by atoms with E-state index in [4.69, 9.17) is 9.84 Å². The van der Waals surface area contributed by atoms with E-state index in [9.17, 15) is 4.79 Å². The molecule has 18 heavy (non-hydrogen) atoms. The van der Waals surface area contributed by atoms with Crippen LogP contribution in [0.1, 0.15) is 27.2 Å². The lowest BCUT2D eigenvalue weighted by Gasteiger charge is -2.42. The molecule has 2 aliphatic rings. The lowest BCUT2D eigenvalue weighted by molar-refractivity contribution is 0.0132. The molecule has 0 bridgehead atoms. The van der Waals surface area contributed by atoms with Gasteiger partial charge in [-0.1, -0.05) is 0 Å². The van der Waals surface area contributed by atoms with Gasteiger partial charge in [0.05, 0.1) is 0 Å². The fourth-order valence-electron chi connectivity index (χ4n) is 2.56. The number of rotatable bonds is 2. The number of hydrogen-bond donors (Lipinski definition) is 1. The van der Waals surface area contributed by atoms with Gasteiger partial charge in [-0.05, 0) is 27.2 Å². The molecule has 1 N–H and O–H groups in total. The van der Waals surface area contributed by atoms with Crippen LogP contribution in [0, 0.1) is 5.92 Å². The third-order valence-corrected chi connectivity index (χ3v) is 3.58. The Labute approximate surface area is 109 Å². The van der Waals surface area contributed by atoms with Crippen molar-refractivity contribution in [3.05, 3.63) is 0 Å². The molecule has 0 aromatic rings. The molecule has 5 heteroatoms. The van der Waals surface area contributed by atoms with Crippen molar-refractivity contribution in [3.8, 4) is 0 Å². The van der Waals surface area contributed by atoms with Crippen LogP contribution >= 0.6 is 0 Å². The van der Waals surface area contributed by atoms with E-state index < -0.39 is 5.60 Å². The summed E-state index contributed by atoms with van der Waals surface area (Å²) in [5.41, 5.74) is -0.423. The Bertz CT molecular complexity index is 308. The average molecular weight is 256 g/mol. The summed E-state index contributed by atoms with van der Waals surface area (Å²) in [5.74, 6) is 0.431. The third kappa shape index (κ3) is 3.14. The van der Waals surface area contributed by atoms with E-state index in [0.29, 0.717) is 12.0 Å². The molecule has 0 aromatic carbocycles. The van der Waals surface area contributed by atoms with Crippen molar-refractivity contribution in [2.75, 3.05) is 32.8 Å². The maximum Gasteiger partial charge on any atom is 0.410 e. The van der Waals surface area contributed by atoms with Crippen molar-refractivity contribution in [2.24, 2.45) is 5.92 Å². The predicted molar refractivity (Wildman–Crippen MR) is 68.4 cm³/mol. The van der Waals surface area contributed by atoms with Crippen LogP contribution in [0.15, 0.2) is 0 Å². The molecule has 0 aliphatic carbocycles. The van der Waals surface area contributed by atoms with Gasteiger partial charge in [-0.25, -0.2) is 4.79 Å². The first-order valence-corrected chi connectivity index (χ1v) is 6.72. The van der Waals surface area contributed by atoms with Crippen LogP contribution in [0.3, 0.4) is 0 Å². The summed E-state index contributed by atoms with van der Waals surface area (Å²) in [7, 11) is 0. The summed E-state index contributed by atoms with van der Waals surface area (Å²) in [6.07, 6.45) is 0.807. The van der Waals surface area contributed by atoms with Crippen LogP contribution in [-0.2, 0) is 4.74 Å². The number of carbonyl (C=O) groups is 1. The molecule has 0 aromatic heterocycles. The Morgan fingerprint density at radius 3 is 2.56 bits per heavy atom. The zero-order valence-electron chi connectivity index (χ0n) is 11.6. The van der Waals surface area contributed by atoms with Gasteiger partial charge in [0.1, 0.15) is 5.60 Å². The van der Waals surface area contributed by atoms with E-state index in [1.807, 2.05) is 20.8 Å². The van der Waals surface area contributed by atoms with Crippen molar-refractivity contribution in [1.29, 1.82) is 0 Å². The number of carbonyl (C=O) groups excluding carboxylic acids is 1. The molecule has 0 spiro atoms. The molecule has 0 radical (unpaired) electrons. The quantitative estimate of drug-likeness (QED) is 0.798. The SMILES string of the molecule is CC(C)(C)OC(=O)N1CC[C@H](N2CC(CO)C2)C1. The van der Waals surface area contributed by atoms with Gasteiger partial charge < -0.3 is 14.7 Å². The molecule has 2 aliphatic heterocycles. The number of nitrogens with zero attached hydrogens (tertiary/aromatic N) is 2. The molecule has 5 nitrogen and oxygen atoms in total. The largest absolute Gasteiger partial charge is 0.444 e. The Balaban J connectivity index is 1.77. The van der Waals surface area contributed by atoms with Crippen molar-refractivity contribution in [2.45, 2.75) is 38.8 Å². The third-order valence-electron chi connectivity index (χ3n) is 3.58. The fourth-order valence-corrected chi connectivity index (χ4v) is 2.56. The minimum absolute atomic E-state index is 0.204. The van der Waals surface area contributed by atoms with Crippen molar-refractivity contribution in [3.63, 3.8) is 0 Å². The van der Waals surface area contributed by atoms with E-state index in [1.54, 1.807) is 4.90 Å². The molecule has 2 heterocycles. The maximum atomic E-state index is 11.9. The van der Waals surface area contributed by atoms with Crippen molar-refractivity contribution in [1.82, 2.24) is 9.80 Å². The maximum absolute atomic E-state index is 11.9. The van der Waals surface area contributed by atoms with E-state index in [2.05, 4.69) is 4.90 Å². The Hall–Kier alpha value is -0.810. The highest BCUT2D eigenvalue weighted by Crippen LogP contribution is 2.25. The average Bonchev–Trinajstić information content (AvgIpc) is 2.62. The standard InChI is InChI=1S/C13H24N2O3/c1-13(2,3)18-12(17)14-5-4-11(8-14)15-6-10(7-15)9-16/h10-11,16H,4-9H2,1-3H3/t11-/m0/s1. The number of aliphatic hydroxyl groups is 1. The number of amides is 1. The second-order valence-corrected chi connectivity index (χ2v) is 6.37. The summed E-state index contributed by atoms with van der Waals surface area (Å²) in [4.78, 5) is 16.0. The molecular formula is C13H24N2O3. The molecule has 2 rings (SSSR count). The van der Waals surface area contributed by atoms with E-state index >= 15 is 0 Å². The molecule has 2 saturated heterocycles. The van der Waals surface area contributed by atoms with Crippen LogP contribution in [0.5, 0.6) is 0 Å². The lowest BCUT2D eigenvalue weighted by Crippen LogP contribution is -2.54. The molecule has 1 amide bonds. The second-order valence-electron chi connectivity index (χ2n) is 6.37. The van der Waals surface area contributed by atoms with Crippen LogP contribution in [0.25, 0.3) is 0 Å². The normalized spacial score (nSPS) is 26.2. The number of ether oxygens (including phenoxy) is 1. The van der Waals surface area contributed by atoms with E-state index in [0.717, 1.165) is 32.6 Å². The zero-order chi connectivity index (χ0) is 13.3. The minimum atomic E-state index is -0.423. The number of likely N-dealkylation sites (tertiary alicyclic amines) is 2. The summed E-state index contributed by atoms with van der Waals surface area (Å²) < 4.78 is 5.37. The van der Waals surface area contributed by atoms with Gasteiger partial charge in [0.2, 0.25) is 0 Å². The molecule has 0 unspecified atom stereocenters. The Morgan fingerprint density at radius 2 is 2.00 bits per heavy atom. The Morgan fingerprint density at radius 1 is 1.33 bits per heavy atom. The second kappa shape index (κ2) is 5.05. The van der Waals surface area contributed by atoms with E-state index in [-0.39, 0.29) is 12.7 Å². The predicted octanol–water partition coefficient (Wildman–Crippen LogP) is 0.920. The summed E-state index contributed by atoms with van der Waals surface area (Å²) in [6, 6.07) is 0.445. The first-order chi connectivity index (χ1) is 8.39. The van der Waals surface area contributed by atoms with Crippen LogP contribution in [-0.4, -0.2) is 65.4 Å². The van der Waals surface area contributed by atoms with Gasteiger partial charge in [0, 0.05) is 44.7 Å². The summed E-state index contributed by atoms with van der Waals surface area (Å²) in [6.45, 7) is 9.40. The fraction of sp³-hybridized carbons (Fsp3) is 0.923. The van der Waals surface area contributed by atoms with Crippen LogP contribution < -0.4 is 0 Å². The molecular weight excluding hydrogens is 232 g/mol. The minimum Gasteiger partial charge on any atom is -0.444 e. The van der Waals surface area contributed by atoms with Crippen LogP contribution in [0.4, 0.5) is 4.79 Å². The zero-order valence-corrected chi connectivity index (χ0v) is 11.6. The monoisotopic (exact) mass is 256 g/mol. The first-order valence-electron chi connectivity index (χ1n) is 6.72. The smallest absolute Gasteiger partial charge is 0.410 e. The van der Waals surface area contributed by atoms with Crippen molar-refractivity contribution >= 4 is 6.09 Å². The van der Waals surface area contributed by atoms with Crippen LogP contribution in [0.2, 0.25) is 0 Å². The van der Waals surface area contributed by atoms with Gasteiger partial charge >= 0.3 is 6.09 Å². The molecule has 1 atom stereocenters. The highest BCUT2D eigenvalue weighted by molar-refractivity contribution is 5.68. The Kier molecular flexibility index (Phi) is 3.82. The van der Waals surface area contributed by atoms with Gasteiger partial charge in [-0.15, -0.1) is 0 Å². The topological polar surface area (TPSA) is 53.0 Å². The van der Waals surface area contributed by atoms with E-state index in [1.165, 1.54) is 0 Å². The van der Waals surface area contributed by atoms with Gasteiger partial charge in [-0.3, -0.25) is 4.90 Å². The number of aliphatic hydroxyl groups excluding tert-OH is 1. The first kappa shape index (κ1) is 13.6. The van der Waals surface area contributed by atoms with Gasteiger partial charge in [0.15, 0.2) is 0 Å². The molecule has 0 saturated carbocycles. The summed E-state index contributed by atoms with van der Waals surface area (Å²) in [5, 5.41) is 9.00. The highest BCUT2D eigenvalue weighted by atomic mass is 16.6. The molecule has 104 valence electrons. The molecule has 2 fully saturated rings. The number of hydrogen-bond acceptors (Lipinski definition) is 4.